The minimum atomic E-state index is -0.319. The number of anilines is 6. The van der Waals surface area contributed by atoms with E-state index in [2.05, 4.69) is 395 Å². The number of hydrogen-bond acceptors (Lipinski definition) is 2. The second-order valence-electron chi connectivity index (χ2n) is 34.8. The van der Waals surface area contributed by atoms with Gasteiger partial charge in [0.1, 0.15) is 0 Å². The lowest BCUT2D eigenvalue weighted by molar-refractivity contribution is 0.570. The van der Waals surface area contributed by atoms with Crippen molar-refractivity contribution in [3.05, 3.63) is 309 Å². The molecular weight excluding hydrogens is 1180 g/mol. The van der Waals surface area contributed by atoms with Gasteiger partial charge in [0.05, 0.1) is 16.7 Å². The zero-order valence-corrected chi connectivity index (χ0v) is 62.0. The van der Waals surface area contributed by atoms with E-state index in [0.29, 0.717) is 0 Å². The fourth-order valence-corrected chi connectivity index (χ4v) is 16.2. The van der Waals surface area contributed by atoms with Crippen molar-refractivity contribution in [2.45, 2.75) is 182 Å². The Morgan fingerprint density at radius 1 is 0.235 bits per heavy atom. The maximum Gasteiger partial charge on any atom is 0.252 e. The molecule has 3 nitrogen and oxygen atoms in total. The Morgan fingerprint density at radius 3 is 0.816 bits per heavy atom. The number of aromatic nitrogens is 1. The Kier molecular flexibility index (Phi) is 15.7. The van der Waals surface area contributed by atoms with Gasteiger partial charge in [-0.25, -0.2) is 0 Å². The highest BCUT2D eigenvalue weighted by atomic mass is 15.2. The Morgan fingerprint density at radius 2 is 0.520 bits per heavy atom. The van der Waals surface area contributed by atoms with Crippen LogP contribution in [0.5, 0.6) is 0 Å². The molecule has 4 heteroatoms. The first-order valence-corrected chi connectivity index (χ1v) is 35.9. The summed E-state index contributed by atoms with van der Waals surface area (Å²) < 4.78 is 2.71. The molecule has 0 bridgehead atoms. The van der Waals surface area contributed by atoms with E-state index in [-0.39, 0.29) is 50.0 Å². The molecule has 494 valence electrons. The van der Waals surface area contributed by atoms with Crippen LogP contribution in [0, 0.1) is 0 Å². The summed E-state index contributed by atoms with van der Waals surface area (Å²) in [5.41, 5.74) is 28.4. The van der Waals surface area contributed by atoms with Gasteiger partial charge >= 0.3 is 0 Å². The predicted molar refractivity (Wildman–Crippen MR) is 424 cm³/mol. The highest BCUT2D eigenvalue weighted by Gasteiger charge is 2.46. The maximum absolute atomic E-state index is 2.71. The van der Waals surface area contributed by atoms with Crippen LogP contribution in [0.2, 0.25) is 0 Å². The molecule has 12 aromatic rings. The summed E-state index contributed by atoms with van der Waals surface area (Å²) in [6.45, 7) is 47.7. The predicted octanol–water partition coefficient (Wildman–Crippen LogP) is 23.4. The average molecular weight is 1280 g/mol. The third kappa shape index (κ3) is 11.0. The molecule has 0 spiro atoms. The second-order valence-corrected chi connectivity index (χ2v) is 34.8. The molecule has 0 saturated carbocycles. The van der Waals surface area contributed by atoms with E-state index >= 15 is 0 Å². The fraction of sp³-hybridized carbons (Fsp3) is 0.298. The number of benzene rings is 11. The summed E-state index contributed by atoms with van der Waals surface area (Å²) in [6.07, 6.45) is 0. The Hall–Kier alpha value is -9.12. The first-order chi connectivity index (χ1) is 46.2. The normalized spacial score (nSPS) is 13.9. The topological polar surface area (TPSA) is 11.4 Å². The maximum atomic E-state index is 2.71. The lowest BCUT2D eigenvalue weighted by atomic mass is 9.33. The Bertz CT molecular complexity index is 4710. The van der Waals surface area contributed by atoms with Crippen LogP contribution < -0.4 is 26.2 Å². The molecule has 0 unspecified atom stereocenters. The summed E-state index contributed by atoms with van der Waals surface area (Å²) in [7, 11) is 0. The first-order valence-electron chi connectivity index (χ1n) is 35.9. The summed E-state index contributed by atoms with van der Waals surface area (Å²) in [5, 5.41) is 2.68. The van der Waals surface area contributed by atoms with Gasteiger partial charge in [-0.2, -0.15) is 0 Å². The van der Waals surface area contributed by atoms with E-state index in [1.807, 2.05) is 0 Å². The van der Waals surface area contributed by atoms with Gasteiger partial charge in [0.15, 0.2) is 0 Å². The SMILES string of the molecule is CC(C)(C)c1cc(C(C)(C)C)c2c3c(C(C)(C)C)cc(C(C)(C)C)cc3n(-c3cc4c5c(c3)N(c3ccc(C(C)(C)c6ccccc6)cc3)c3ccc(C(C)(C)c6ccccc6)cc3B5c3cc(C(C)(C)c5ccccc5)ccc3N4c3ccc(C(C)(C)c4ccccc4)cc3)c2c1. The zero-order chi connectivity index (χ0) is 69.6. The highest BCUT2D eigenvalue weighted by Crippen LogP contribution is 2.52. The van der Waals surface area contributed by atoms with Gasteiger partial charge in [0.2, 0.25) is 0 Å². The summed E-state index contributed by atoms with van der Waals surface area (Å²) in [5.74, 6) is 0. The molecule has 0 atom stereocenters. The van der Waals surface area contributed by atoms with Crippen LogP contribution in [-0.4, -0.2) is 11.3 Å². The zero-order valence-electron chi connectivity index (χ0n) is 62.0. The second kappa shape index (κ2) is 23.3. The minimum Gasteiger partial charge on any atom is -0.311 e. The lowest BCUT2D eigenvalue weighted by Gasteiger charge is -2.45. The van der Waals surface area contributed by atoms with Crippen molar-refractivity contribution < 1.29 is 0 Å². The molecule has 3 heterocycles. The summed E-state index contributed by atoms with van der Waals surface area (Å²) >= 11 is 0. The molecule has 0 radical (unpaired) electrons. The van der Waals surface area contributed by atoms with Gasteiger partial charge in [-0.3, -0.25) is 0 Å². The molecule has 0 saturated heterocycles. The van der Waals surface area contributed by atoms with Crippen LogP contribution in [0.1, 0.15) is 205 Å². The van der Waals surface area contributed by atoms with Crippen LogP contribution >= 0.6 is 0 Å². The molecule has 2 aliphatic heterocycles. The molecule has 1 aromatic heterocycles. The summed E-state index contributed by atoms with van der Waals surface area (Å²) in [6, 6.07) is 93.9. The van der Waals surface area contributed by atoms with Gasteiger partial charge < -0.3 is 14.4 Å². The number of rotatable bonds is 11. The van der Waals surface area contributed by atoms with E-state index in [4.69, 9.17) is 0 Å². The molecule has 0 aliphatic carbocycles. The monoisotopic (exact) mass is 1280 g/mol. The fourth-order valence-electron chi connectivity index (χ4n) is 16.2. The smallest absolute Gasteiger partial charge is 0.252 e. The quantitative estimate of drug-likeness (QED) is 0.120. The Labute approximate surface area is 586 Å². The third-order valence-corrected chi connectivity index (χ3v) is 22.7. The summed E-state index contributed by atoms with van der Waals surface area (Å²) in [4.78, 5) is 5.30. The molecule has 2 aliphatic rings. The average Bonchev–Trinajstić information content (AvgIpc) is 1.11. The molecule has 0 amide bonds. The van der Waals surface area contributed by atoms with Crippen LogP contribution in [0.15, 0.2) is 243 Å². The van der Waals surface area contributed by atoms with E-state index in [1.165, 1.54) is 128 Å². The van der Waals surface area contributed by atoms with Gasteiger partial charge in [0, 0.05) is 66.6 Å². The van der Waals surface area contributed by atoms with Crippen LogP contribution in [-0.2, 0) is 43.3 Å². The van der Waals surface area contributed by atoms with Crippen molar-refractivity contribution >= 4 is 79.0 Å². The standard InChI is InChI=1S/C94H100BN3/c1-87(2,3)69-53-74(89(7,8)9)84-80(57-69)98(81-58-70(88(4,5)6)54-75(85(81)84)90(10,11)12)73-59-82-86-83(60-73)97(72-49-43-66(44-50-72)92(15,16)62-35-27-22-28-36-62)79-52-46-68(94(19,20)64-39-31-24-32-40-64)56-77(79)95(86)76-55-67(93(17,18)63-37-29-23-30-38-63)45-51-78(76)96(82)71-47-41-65(42-48-71)91(13,14)61-33-25-21-26-34-61/h21-60H,1-20H3. The molecule has 14 rings (SSSR count). The lowest BCUT2D eigenvalue weighted by Crippen LogP contribution is -2.61. The van der Waals surface area contributed by atoms with E-state index in [0.717, 1.165) is 17.1 Å². The van der Waals surface area contributed by atoms with Crippen LogP contribution in [0.3, 0.4) is 0 Å². The molecule has 98 heavy (non-hydrogen) atoms. The molecule has 0 N–H and O–H groups in total. The van der Waals surface area contributed by atoms with Gasteiger partial charge in [-0.05, 0) is 165 Å². The van der Waals surface area contributed by atoms with Gasteiger partial charge in [-0.1, -0.05) is 320 Å². The molecule has 11 aromatic carbocycles. The largest absolute Gasteiger partial charge is 0.311 e. The van der Waals surface area contributed by atoms with E-state index in [1.54, 1.807) is 0 Å². The van der Waals surface area contributed by atoms with Crippen molar-refractivity contribution in [1.82, 2.24) is 4.57 Å². The van der Waals surface area contributed by atoms with Crippen molar-refractivity contribution in [3.63, 3.8) is 0 Å². The van der Waals surface area contributed by atoms with E-state index in [9.17, 15) is 0 Å². The number of hydrogen-bond donors (Lipinski definition) is 0. The van der Waals surface area contributed by atoms with Crippen molar-refractivity contribution in [2.24, 2.45) is 0 Å². The molecule has 0 fully saturated rings. The van der Waals surface area contributed by atoms with Crippen molar-refractivity contribution in [3.8, 4) is 5.69 Å². The minimum absolute atomic E-state index is 0.140. The van der Waals surface area contributed by atoms with Crippen LogP contribution in [0.25, 0.3) is 27.5 Å². The van der Waals surface area contributed by atoms with Gasteiger partial charge in [0.25, 0.3) is 6.71 Å². The third-order valence-electron chi connectivity index (χ3n) is 22.7. The van der Waals surface area contributed by atoms with E-state index < -0.39 is 0 Å². The number of nitrogens with zero attached hydrogens (tertiary/aromatic N) is 3. The van der Waals surface area contributed by atoms with Crippen molar-refractivity contribution in [1.29, 1.82) is 0 Å². The van der Waals surface area contributed by atoms with Crippen molar-refractivity contribution in [2.75, 3.05) is 9.80 Å². The highest BCUT2D eigenvalue weighted by molar-refractivity contribution is 7.00. The number of fused-ring (bicyclic) bond motifs is 7. The first kappa shape index (κ1) is 66.1. The Balaban J connectivity index is 1.16. The van der Waals surface area contributed by atoms with Crippen LogP contribution in [0.4, 0.5) is 34.1 Å². The molecular formula is C94H100BN3. The van der Waals surface area contributed by atoms with Gasteiger partial charge in [-0.15, -0.1) is 0 Å².